The molecule has 1 atom stereocenters. The van der Waals surface area contributed by atoms with Crippen molar-refractivity contribution in [3.8, 4) is 0 Å². The van der Waals surface area contributed by atoms with Gasteiger partial charge in [-0.25, -0.2) is 8.42 Å². The third-order valence-corrected chi connectivity index (χ3v) is 7.42. The Labute approximate surface area is 123 Å². The fourth-order valence-corrected chi connectivity index (χ4v) is 5.79. The molecule has 0 aliphatic heterocycles. The zero-order valence-corrected chi connectivity index (χ0v) is 14.2. The van der Waals surface area contributed by atoms with E-state index in [1.807, 2.05) is 20.1 Å². The van der Waals surface area contributed by atoms with Crippen molar-refractivity contribution in [1.29, 1.82) is 0 Å². The molecule has 0 spiro atoms. The third kappa shape index (κ3) is 3.72. The van der Waals surface area contributed by atoms with Crippen molar-refractivity contribution in [2.45, 2.75) is 37.1 Å². The molecule has 7 heteroatoms. The lowest BCUT2D eigenvalue weighted by molar-refractivity contribution is 0.285. The second-order valence-electron chi connectivity index (χ2n) is 4.37. The molecule has 19 heavy (non-hydrogen) atoms. The minimum Gasteiger partial charge on any atom is -0.391 e. The lowest BCUT2D eigenvalue weighted by Gasteiger charge is -2.25. The monoisotopic (exact) mass is 323 g/mol. The van der Waals surface area contributed by atoms with Crippen LogP contribution in [-0.4, -0.2) is 42.9 Å². The Morgan fingerprint density at radius 2 is 2.16 bits per heavy atom. The lowest BCUT2D eigenvalue weighted by atomic mass is 10.3. The number of thiophene rings is 1. The summed E-state index contributed by atoms with van der Waals surface area (Å²) >= 11 is 2.80. The van der Waals surface area contributed by atoms with E-state index in [1.54, 1.807) is 24.9 Å². The summed E-state index contributed by atoms with van der Waals surface area (Å²) in [5.41, 5.74) is 0.831. The highest BCUT2D eigenvalue weighted by molar-refractivity contribution is 7.98. The topological polar surface area (TPSA) is 57.6 Å². The molecule has 110 valence electrons. The molecule has 1 N–H and O–H groups in total. The predicted octanol–water partition coefficient (Wildman–Crippen LogP) is 2.31. The fraction of sp³-hybridized carbons (Fsp3) is 0.667. The number of aliphatic hydroxyl groups excluding tert-OH is 1. The van der Waals surface area contributed by atoms with Crippen LogP contribution in [0.5, 0.6) is 0 Å². The van der Waals surface area contributed by atoms with Gasteiger partial charge in [-0.15, -0.1) is 11.3 Å². The number of thioether (sulfide) groups is 1. The summed E-state index contributed by atoms with van der Waals surface area (Å²) in [5, 5.41) is 9.17. The van der Waals surface area contributed by atoms with Gasteiger partial charge in [-0.1, -0.05) is 6.92 Å². The van der Waals surface area contributed by atoms with E-state index in [1.165, 1.54) is 4.31 Å². The molecule has 0 amide bonds. The molecule has 1 heterocycles. The molecule has 1 rings (SSSR count). The molecule has 4 nitrogen and oxygen atoms in total. The molecule has 0 aliphatic rings. The van der Waals surface area contributed by atoms with E-state index in [9.17, 15) is 13.5 Å². The summed E-state index contributed by atoms with van der Waals surface area (Å²) in [5.74, 6) is 0.781. The molecular formula is C12H21NO3S3. The van der Waals surface area contributed by atoms with Crippen LogP contribution < -0.4 is 0 Å². The quantitative estimate of drug-likeness (QED) is 0.836. The van der Waals surface area contributed by atoms with E-state index in [0.717, 1.165) is 29.1 Å². The van der Waals surface area contributed by atoms with Crippen LogP contribution in [0.2, 0.25) is 0 Å². The Morgan fingerprint density at radius 1 is 1.53 bits per heavy atom. The van der Waals surface area contributed by atoms with E-state index in [4.69, 9.17) is 0 Å². The number of nitrogens with zero attached hydrogens (tertiary/aromatic N) is 1. The Bertz CT molecular complexity index is 510. The Balaban J connectivity index is 3.08. The van der Waals surface area contributed by atoms with Crippen LogP contribution in [-0.2, 0) is 16.6 Å². The maximum Gasteiger partial charge on any atom is 0.252 e. The van der Waals surface area contributed by atoms with Gasteiger partial charge >= 0.3 is 0 Å². The van der Waals surface area contributed by atoms with Gasteiger partial charge in [0.15, 0.2) is 0 Å². The van der Waals surface area contributed by atoms with Crippen LogP contribution in [0.25, 0.3) is 0 Å². The van der Waals surface area contributed by atoms with Crippen molar-refractivity contribution >= 4 is 33.1 Å². The molecule has 0 saturated heterocycles. The summed E-state index contributed by atoms with van der Waals surface area (Å²) in [6, 6.07) is 1.65. The summed E-state index contributed by atoms with van der Waals surface area (Å²) in [4.78, 5) is 0.713. The average Bonchev–Trinajstić information content (AvgIpc) is 2.77. The summed E-state index contributed by atoms with van der Waals surface area (Å²) in [6.45, 7) is 3.70. The number of sulfonamides is 1. The van der Waals surface area contributed by atoms with Gasteiger partial charge < -0.3 is 5.11 Å². The zero-order chi connectivity index (χ0) is 14.6. The number of hydrogen-bond donors (Lipinski definition) is 1. The summed E-state index contributed by atoms with van der Waals surface area (Å²) in [6.07, 6.45) is 2.76. The summed E-state index contributed by atoms with van der Waals surface area (Å²) < 4.78 is 26.8. The van der Waals surface area contributed by atoms with Gasteiger partial charge in [-0.3, -0.25) is 0 Å². The molecule has 0 saturated carbocycles. The first-order chi connectivity index (χ1) is 8.88. The Hall–Kier alpha value is -0.0800. The largest absolute Gasteiger partial charge is 0.391 e. The van der Waals surface area contributed by atoms with Gasteiger partial charge in [-0.2, -0.15) is 16.1 Å². The van der Waals surface area contributed by atoms with Gasteiger partial charge in [0.25, 0.3) is 10.0 Å². The van der Waals surface area contributed by atoms with Crippen molar-refractivity contribution in [2.75, 3.05) is 19.1 Å². The van der Waals surface area contributed by atoms with Crippen LogP contribution in [0, 0.1) is 6.92 Å². The third-order valence-electron chi connectivity index (χ3n) is 3.12. The first kappa shape index (κ1) is 17.0. The van der Waals surface area contributed by atoms with Crippen LogP contribution in [0.15, 0.2) is 10.3 Å². The van der Waals surface area contributed by atoms with Gasteiger partial charge in [0.05, 0.1) is 6.61 Å². The summed E-state index contributed by atoms with van der Waals surface area (Å²) in [7, 11) is -1.82. The average molecular weight is 324 g/mol. The van der Waals surface area contributed by atoms with Crippen molar-refractivity contribution in [1.82, 2.24) is 4.31 Å². The fourth-order valence-electron chi connectivity index (χ4n) is 1.78. The predicted molar refractivity (Wildman–Crippen MR) is 82.4 cm³/mol. The first-order valence-electron chi connectivity index (χ1n) is 6.05. The van der Waals surface area contributed by atoms with Gasteiger partial charge in [-0.05, 0) is 31.2 Å². The molecule has 0 aliphatic carbocycles. The number of rotatable bonds is 7. The van der Waals surface area contributed by atoms with E-state index >= 15 is 0 Å². The SMILES string of the molecule is CCC(CSC)N(C)S(=O)(=O)c1cc(C)c(CO)s1. The number of aliphatic hydroxyl groups is 1. The highest BCUT2D eigenvalue weighted by atomic mass is 32.2. The van der Waals surface area contributed by atoms with Crippen LogP contribution in [0.3, 0.4) is 0 Å². The van der Waals surface area contributed by atoms with Gasteiger partial charge in [0.2, 0.25) is 0 Å². The molecular weight excluding hydrogens is 302 g/mol. The number of aryl methyl sites for hydroxylation is 1. The first-order valence-corrected chi connectivity index (χ1v) is 9.70. The molecule has 1 aromatic rings. The lowest BCUT2D eigenvalue weighted by Crippen LogP contribution is -2.37. The van der Waals surface area contributed by atoms with E-state index < -0.39 is 10.0 Å². The second-order valence-corrected chi connectivity index (χ2v) is 8.64. The second kappa shape index (κ2) is 7.08. The minimum absolute atomic E-state index is 0.0000161. The van der Waals surface area contributed by atoms with E-state index in [0.29, 0.717) is 9.09 Å². The Kier molecular flexibility index (Phi) is 6.32. The van der Waals surface area contributed by atoms with Crippen molar-refractivity contribution in [3.63, 3.8) is 0 Å². The van der Waals surface area contributed by atoms with Crippen molar-refractivity contribution < 1.29 is 13.5 Å². The van der Waals surface area contributed by atoms with Crippen LogP contribution >= 0.6 is 23.1 Å². The minimum atomic E-state index is -3.46. The smallest absolute Gasteiger partial charge is 0.252 e. The molecule has 0 bridgehead atoms. The maximum atomic E-state index is 12.5. The normalized spacial score (nSPS) is 14.0. The molecule has 0 radical (unpaired) electrons. The van der Waals surface area contributed by atoms with Crippen molar-refractivity contribution in [2.24, 2.45) is 0 Å². The highest BCUT2D eigenvalue weighted by Gasteiger charge is 2.28. The highest BCUT2D eigenvalue weighted by Crippen LogP contribution is 2.29. The van der Waals surface area contributed by atoms with E-state index in [-0.39, 0.29) is 12.6 Å². The molecule has 1 aromatic heterocycles. The van der Waals surface area contributed by atoms with Gasteiger partial charge in [0.1, 0.15) is 4.21 Å². The van der Waals surface area contributed by atoms with Crippen LogP contribution in [0.4, 0.5) is 0 Å². The molecule has 0 fully saturated rings. The van der Waals surface area contributed by atoms with Crippen LogP contribution in [0.1, 0.15) is 23.8 Å². The van der Waals surface area contributed by atoms with E-state index in [2.05, 4.69) is 0 Å². The Morgan fingerprint density at radius 3 is 2.58 bits per heavy atom. The standard InChI is InChI=1S/C12H21NO3S3/c1-5-10(8-17-4)13(3)19(15,16)12-6-9(2)11(7-14)18-12/h6,10,14H,5,7-8H2,1-4H3. The van der Waals surface area contributed by atoms with Gasteiger partial charge in [0, 0.05) is 23.7 Å². The maximum absolute atomic E-state index is 12.5. The molecule has 1 unspecified atom stereocenters. The van der Waals surface area contributed by atoms with Crippen molar-refractivity contribution in [3.05, 3.63) is 16.5 Å². The molecule has 0 aromatic carbocycles. The zero-order valence-electron chi connectivity index (χ0n) is 11.7. The number of hydrogen-bond acceptors (Lipinski definition) is 5.